The summed E-state index contributed by atoms with van der Waals surface area (Å²) in [4.78, 5) is 11.9. The number of nitrogens with zero attached hydrogens (tertiary/aromatic N) is 1. The van der Waals surface area contributed by atoms with Crippen LogP contribution in [0.15, 0.2) is 10.6 Å². The number of hydrogen-bond acceptors (Lipinski definition) is 4. The van der Waals surface area contributed by atoms with Gasteiger partial charge in [-0.2, -0.15) is 0 Å². The van der Waals surface area contributed by atoms with E-state index in [1.54, 1.807) is 6.07 Å². The van der Waals surface area contributed by atoms with E-state index in [2.05, 4.69) is 17.4 Å². The van der Waals surface area contributed by atoms with Crippen molar-refractivity contribution in [3.05, 3.63) is 17.5 Å². The van der Waals surface area contributed by atoms with Crippen molar-refractivity contribution in [3.63, 3.8) is 0 Å². The predicted octanol–water partition coefficient (Wildman–Crippen LogP) is 2.72. The van der Waals surface area contributed by atoms with Gasteiger partial charge in [0.2, 0.25) is 5.76 Å². The molecule has 1 aromatic rings. The molecule has 0 aliphatic carbocycles. The highest BCUT2D eigenvalue weighted by Gasteiger charge is 2.19. The van der Waals surface area contributed by atoms with Crippen molar-refractivity contribution < 1.29 is 14.4 Å². The molecule has 1 heterocycles. The molecule has 0 fully saturated rings. The van der Waals surface area contributed by atoms with Crippen LogP contribution in [0, 0.1) is 5.41 Å². The Labute approximate surface area is 120 Å². The van der Waals surface area contributed by atoms with Crippen LogP contribution < -0.4 is 5.32 Å². The molecular weight excluding hydrogens is 256 g/mol. The fourth-order valence-corrected chi connectivity index (χ4v) is 1.91. The molecule has 0 bridgehead atoms. The van der Waals surface area contributed by atoms with Crippen LogP contribution in [0.2, 0.25) is 0 Å². The minimum Gasteiger partial charge on any atom is -0.391 e. The van der Waals surface area contributed by atoms with Crippen LogP contribution in [-0.2, 0) is 0 Å². The van der Waals surface area contributed by atoms with Crippen molar-refractivity contribution in [1.29, 1.82) is 0 Å². The minimum absolute atomic E-state index is 0.0279. The molecule has 2 N–H and O–H groups in total. The molecule has 114 valence electrons. The summed E-state index contributed by atoms with van der Waals surface area (Å²) in [6.07, 6.45) is 1.01. The Balaban J connectivity index is 2.49. The zero-order valence-electron chi connectivity index (χ0n) is 13.1. The lowest BCUT2D eigenvalue weighted by Crippen LogP contribution is -2.34. The van der Waals surface area contributed by atoms with Crippen LogP contribution >= 0.6 is 0 Å². The van der Waals surface area contributed by atoms with Gasteiger partial charge < -0.3 is 14.9 Å². The lowest BCUT2D eigenvalue weighted by atomic mass is 9.89. The molecule has 0 saturated heterocycles. The first-order valence-electron chi connectivity index (χ1n) is 7.15. The van der Waals surface area contributed by atoms with E-state index in [0.29, 0.717) is 6.42 Å². The summed E-state index contributed by atoms with van der Waals surface area (Å²) in [6.45, 7) is 10.5. The first-order chi connectivity index (χ1) is 9.23. The highest BCUT2D eigenvalue weighted by molar-refractivity contribution is 5.91. The van der Waals surface area contributed by atoms with Gasteiger partial charge in [-0.05, 0) is 18.3 Å². The van der Waals surface area contributed by atoms with E-state index in [1.165, 1.54) is 0 Å². The van der Waals surface area contributed by atoms with Crippen molar-refractivity contribution in [2.45, 2.75) is 59.5 Å². The number of carbonyl (C=O) groups excluding carboxylic acids is 1. The number of hydrogen-bond donors (Lipinski definition) is 2. The molecule has 0 radical (unpaired) electrons. The summed E-state index contributed by atoms with van der Waals surface area (Å²) < 4.78 is 5.04. The Bertz CT molecular complexity index is 435. The molecule has 0 saturated carbocycles. The highest BCUT2D eigenvalue weighted by Crippen LogP contribution is 2.20. The standard InChI is InChI=1S/C15H26N2O3/c1-6-10(2)12-7-13(20-17-12)14(19)16-9-11(18)8-15(3,4)5/h7,10-11,18H,6,8-9H2,1-5H3,(H,16,19)/t10-,11-/m1/s1. The van der Waals surface area contributed by atoms with E-state index in [9.17, 15) is 9.90 Å². The lowest BCUT2D eigenvalue weighted by Gasteiger charge is -2.22. The SMILES string of the molecule is CC[C@@H](C)c1cc(C(=O)NC[C@H](O)CC(C)(C)C)on1. The van der Waals surface area contributed by atoms with Gasteiger partial charge in [-0.25, -0.2) is 0 Å². The Morgan fingerprint density at radius 2 is 2.15 bits per heavy atom. The van der Waals surface area contributed by atoms with Crippen LogP contribution in [0.1, 0.15) is 69.6 Å². The smallest absolute Gasteiger partial charge is 0.289 e. The van der Waals surface area contributed by atoms with E-state index in [-0.39, 0.29) is 29.5 Å². The molecule has 0 unspecified atom stereocenters. The predicted molar refractivity (Wildman–Crippen MR) is 77.6 cm³/mol. The summed E-state index contributed by atoms with van der Waals surface area (Å²) >= 11 is 0. The molecule has 1 aromatic heterocycles. The van der Waals surface area contributed by atoms with E-state index in [0.717, 1.165) is 12.1 Å². The zero-order chi connectivity index (χ0) is 15.3. The van der Waals surface area contributed by atoms with Gasteiger partial charge in [-0.1, -0.05) is 39.8 Å². The molecular formula is C15H26N2O3. The Morgan fingerprint density at radius 3 is 2.70 bits per heavy atom. The van der Waals surface area contributed by atoms with Crippen LogP contribution in [0.3, 0.4) is 0 Å². The van der Waals surface area contributed by atoms with Crippen LogP contribution in [-0.4, -0.2) is 28.8 Å². The van der Waals surface area contributed by atoms with Gasteiger partial charge in [0.15, 0.2) is 0 Å². The maximum Gasteiger partial charge on any atom is 0.289 e. The molecule has 5 heteroatoms. The summed E-state index contributed by atoms with van der Waals surface area (Å²) in [6, 6.07) is 1.67. The van der Waals surface area contributed by atoms with Crippen molar-refractivity contribution in [1.82, 2.24) is 10.5 Å². The maximum absolute atomic E-state index is 11.9. The third-order valence-corrected chi connectivity index (χ3v) is 3.22. The van der Waals surface area contributed by atoms with E-state index >= 15 is 0 Å². The van der Waals surface area contributed by atoms with Gasteiger partial charge >= 0.3 is 0 Å². The molecule has 1 amide bonds. The Morgan fingerprint density at radius 1 is 1.50 bits per heavy atom. The topological polar surface area (TPSA) is 75.4 Å². The minimum atomic E-state index is -0.559. The zero-order valence-corrected chi connectivity index (χ0v) is 13.1. The summed E-state index contributed by atoms with van der Waals surface area (Å²) in [5, 5.41) is 16.4. The van der Waals surface area contributed by atoms with Gasteiger partial charge in [0, 0.05) is 18.5 Å². The molecule has 20 heavy (non-hydrogen) atoms. The molecule has 2 atom stereocenters. The van der Waals surface area contributed by atoms with Crippen molar-refractivity contribution >= 4 is 5.91 Å². The molecule has 0 aromatic carbocycles. The largest absolute Gasteiger partial charge is 0.391 e. The van der Waals surface area contributed by atoms with Gasteiger partial charge in [0.1, 0.15) is 0 Å². The molecule has 0 aliphatic heterocycles. The van der Waals surface area contributed by atoms with Gasteiger partial charge in [-0.15, -0.1) is 0 Å². The summed E-state index contributed by atoms with van der Waals surface area (Å²) in [7, 11) is 0. The van der Waals surface area contributed by atoms with Gasteiger partial charge in [0.25, 0.3) is 5.91 Å². The molecule has 0 aliphatic rings. The van der Waals surface area contributed by atoms with E-state index in [4.69, 9.17) is 4.52 Å². The number of aliphatic hydroxyl groups is 1. The summed E-state index contributed by atoms with van der Waals surface area (Å²) in [5.74, 6) is 0.134. The van der Waals surface area contributed by atoms with Gasteiger partial charge in [-0.3, -0.25) is 4.79 Å². The van der Waals surface area contributed by atoms with Crippen molar-refractivity contribution in [2.24, 2.45) is 5.41 Å². The summed E-state index contributed by atoms with van der Waals surface area (Å²) in [5.41, 5.74) is 0.813. The van der Waals surface area contributed by atoms with E-state index < -0.39 is 6.10 Å². The molecule has 5 nitrogen and oxygen atoms in total. The number of carbonyl (C=O) groups is 1. The average Bonchev–Trinajstić information content (AvgIpc) is 2.82. The molecule has 0 spiro atoms. The fourth-order valence-electron chi connectivity index (χ4n) is 1.91. The van der Waals surface area contributed by atoms with Crippen molar-refractivity contribution in [2.75, 3.05) is 6.54 Å². The normalized spacial score (nSPS) is 14.9. The second-order valence-electron chi connectivity index (χ2n) is 6.55. The number of aliphatic hydroxyl groups excluding tert-OH is 1. The monoisotopic (exact) mass is 282 g/mol. The second kappa shape index (κ2) is 6.88. The van der Waals surface area contributed by atoms with Gasteiger partial charge in [0.05, 0.1) is 11.8 Å². The average molecular weight is 282 g/mol. The van der Waals surface area contributed by atoms with Crippen LogP contribution in [0.4, 0.5) is 0 Å². The number of nitrogens with one attached hydrogen (secondary N) is 1. The lowest BCUT2D eigenvalue weighted by molar-refractivity contribution is 0.0836. The number of amides is 1. The van der Waals surface area contributed by atoms with Crippen LogP contribution in [0.25, 0.3) is 0 Å². The first kappa shape index (κ1) is 16.7. The fraction of sp³-hybridized carbons (Fsp3) is 0.733. The second-order valence-corrected chi connectivity index (χ2v) is 6.55. The molecule has 1 rings (SSSR count). The van der Waals surface area contributed by atoms with E-state index in [1.807, 2.05) is 27.7 Å². The Kier molecular flexibility index (Phi) is 5.74. The number of rotatable bonds is 6. The Hall–Kier alpha value is -1.36. The number of aromatic nitrogens is 1. The maximum atomic E-state index is 11.9. The quantitative estimate of drug-likeness (QED) is 0.841. The third kappa shape index (κ3) is 5.33. The van der Waals surface area contributed by atoms with Crippen molar-refractivity contribution in [3.8, 4) is 0 Å². The first-order valence-corrected chi connectivity index (χ1v) is 7.15. The highest BCUT2D eigenvalue weighted by atomic mass is 16.5. The third-order valence-electron chi connectivity index (χ3n) is 3.22. The van der Waals surface area contributed by atoms with Crippen LogP contribution in [0.5, 0.6) is 0 Å².